The first kappa shape index (κ1) is 29.1. The van der Waals surface area contributed by atoms with Crippen LogP contribution in [-0.4, -0.2) is 57.6 Å². The Morgan fingerprint density at radius 1 is 1.11 bits per heavy atom. The molecule has 0 aliphatic carbocycles. The first-order valence-corrected chi connectivity index (χ1v) is 18.0. The molecule has 8 heteroatoms. The second-order valence-electron chi connectivity index (χ2n) is 13.0. The SMILES string of the molecule is Cc1ccc(S(=O)(=O)N2C[C@@H](CC(C=O)O[Si](C)(C)C(C)(C)C)[C@@]3(C)CCN(Cc4ccccc4)[C@@H]23)cc1. The van der Waals surface area contributed by atoms with Crippen LogP contribution in [0.25, 0.3) is 0 Å². The van der Waals surface area contributed by atoms with Gasteiger partial charge in [0.2, 0.25) is 10.0 Å². The van der Waals surface area contributed by atoms with Crippen LogP contribution in [0.1, 0.15) is 51.7 Å². The summed E-state index contributed by atoms with van der Waals surface area (Å²) in [5.41, 5.74) is 1.90. The Balaban J connectivity index is 1.68. The van der Waals surface area contributed by atoms with Gasteiger partial charge in [-0.25, -0.2) is 8.42 Å². The Morgan fingerprint density at radius 2 is 1.74 bits per heavy atom. The molecular formula is C30H44N2O4SSi. The van der Waals surface area contributed by atoms with E-state index in [0.29, 0.717) is 24.4 Å². The molecule has 1 unspecified atom stereocenters. The number of fused-ring (bicyclic) bond motifs is 1. The van der Waals surface area contributed by atoms with E-state index in [0.717, 1.165) is 24.8 Å². The van der Waals surface area contributed by atoms with Crippen LogP contribution in [0, 0.1) is 18.3 Å². The molecule has 0 amide bonds. The van der Waals surface area contributed by atoms with Crippen molar-refractivity contribution in [2.45, 2.75) is 89.3 Å². The van der Waals surface area contributed by atoms with E-state index in [1.807, 2.05) is 37.3 Å². The zero-order valence-corrected chi connectivity index (χ0v) is 25.8. The number of benzene rings is 2. The molecule has 38 heavy (non-hydrogen) atoms. The maximum atomic E-state index is 14.1. The average Bonchev–Trinajstić information content (AvgIpc) is 3.32. The summed E-state index contributed by atoms with van der Waals surface area (Å²) in [6.45, 7) is 16.9. The van der Waals surface area contributed by atoms with Crippen molar-refractivity contribution in [3.8, 4) is 0 Å². The van der Waals surface area contributed by atoms with Crippen LogP contribution in [0.4, 0.5) is 0 Å². The Bertz CT molecular complexity index is 1230. The lowest BCUT2D eigenvalue weighted by Crippen LogP contribution is -2.48. The Hall–Kier alpha value is -1.84. The van der Waals surface area contributed by atoms with Gasteiger partial charge in [0.15, 0.2) is 8.32 Å². The minimum absolute atomic E-state index is 0.00784. The third-order valence-corrected chi connectivity index (χ3v) is 15.6. The van der Waals surface area contributed by atoms with Crippen LogP contribution in [0.5, 0.6) is 0 Å². The molecule has 2 fully saturated rings. The number of rotatable bonds is 9. The van der Waals surface area contributed by atoms with E-state index in [4.69, 9.17) is 4.43 Å². The molecule has 2 aliphatic rings. The van der Waals surface area contributed by atoms with Gasteiger partial charge in [0, 0.05) is 25.0 Å². The zero-order valence-electron chi connectivity index (χ0n) is 24.0. The van der Waals surface area contributed by atoms with Crippen molar-refractivity contribution in [3.05, 3.63) is 65.7 Å². The van der Waals surface area contributed by atoms with Crippen LogP contribution >= 0.6 is 0 Å². The Labute approximate surface area is 230 Å². The van der Waals surface area contributed by atoms with Gasteiger partial charge in [-0.15, -0.1) is 0 Å². The van der Waals surface area contributed by atoms with Gasteiger partial charge < -0.3 is 9.22 Å². The summed E-state index contributed by atoms with van der Waals surface area (Å²) in [7, 11) is -5.90. The normalized spacial score (nSPS) is 25.9. The number of sulfonamides is 1. The molecule has 0 bridgehead atoms. The number of hydrogen-bond donors (Lipinski definition) is 0. The number of carbonyl (C=O) groups is 1. The summed E-state index contributed by atoms with van der Waals surface area (Å²) in [6.07, 6.45) is 1.53. The van der Waals surface area contributed by atoms with Gasteiger partial charge in [0.1, 0.15) is 12.4 Å². The summed E-state index contributed by atoms with van der Waals surface area (Å²) in [4.78, 5) is 14.9. The van der Waals surface area contributed by atoms with Crippen LogP contribution < -0.4 is 0 Å². The number of hydrogen-bond acceptors (Lipinski definition) is 5. The maximum absolute atomic E-state index is 14.1. The quantitative estimate of drug-likeness (QED) is 0.287. The van der Waals surface area contributed by atoms with Crippen LogP contribution in [-0.2, 0) is 25.8 Å². The highest BCUT2D eigenvalue weighted by Gasteiger charge is 2.60. The van der Waals surface area contributed by atoms with Crippen molar-refractivity contribution in [1.29, 1.82) is 0 Å². The lowest BCUT2D eigenvalue weighted by molar-refractivity contribution is -0.115. The number of likely N-dealkylation sites (tertiary alicyclic amines) is 1. The Kier molecular flexibility index (Phi) is 8.14. The van der Waals surface area contributed by atoms with Crippen molar-refractivity contribution in [3.63, 3.8) is 0 Å². The van der Waals surface area contributed by atoms with Crippen molar-refractivity contribution in [2.75, 3.05) is 13.1 Å². The molecule has 6 nitrogen and oxygen atoms in total. The third kappa shape index (κ3) is 5.56. The minimum Gasteiger partial charge on any atom is -0.407 e. The predicted molar refractivity (Wildman–Crippen MR) is 155 cm³/mol. The third-order valence-electron chi connectivity index (χ3n) is 9.26. The van der Waals surface area contributed by atoms with E-state index in [9.17, 15) is 13.2 Å². The number of carbonyl (C=O) groups excluding carboxylic acids is 1. The van der Waals surface area contributed by atoms with Gasteiger partial charge in [-0.3, -0.25) is 4.90 Å². The van der Waals surface area contributed by atoms with Gasteiger partial charge in [0.05, 0.1) is 11.1 Å². The molecular weight excluding hydrogens is 512 g/mol. The topological polar surface area (TPSA) is 66.9 Å². The van der Waals surface area contributed by atoms with E-state index in [1.165, 1.54) is 5.56 Å². The minimum atomic E-state index is -3.74. The zero-order chi connectivity index (χ0) is 27.9. The van der Waals surface area contributed by atoms with Crippen LogP contribution in [0.15, 0.2) is 59.5 Å². The van der Waals surface area contributed by atoms with E-state index in [-0.39, 0.29) is 22.5 Å². The van der Waals surface area contributed by atoms with Gasteiger partial charge in [-0.1, -0.05) is 75.7 Å². The first-order valence-electron chi connectivity index (χ1n) is 13.7. The summed E-state index contributed by atoms with van der Waals surface area (Å²) < 4.78 is 36.4. The monoisotopic (exact) mass is 556 g/mol. The summed E-state index contributed by atoms with van der Waals surface area (Å²) in [5, 5.41) is -0.0168. The first-order chi connectivity index (χ1) is 17.7. The van der Waals surface area contributed by atoms with Crippen molar-refractivity contribution >= 4 is 24.6 Å². The molecule has 0 spiro atoms. The van der Waals surface area contributed by atoms with Gasteiger partial charge in [-0.2, -0.15) is 4.31 Å². The molecule has 0 saturated carbocycles. The fraction of sp³-hybridized carbons (Fsp3) is 0.567. The number of aldehydes is 1. The summed E-state index contributed by atoms with van der Waals surface area (Å²) in [6, 6.07) is 17.4. The second kappa shape index (κ2) is 10.6. The molecule has 2 heterocycles. The highest BCUT2D eigenvalue weighted by molar-refractivity contribution is 7.89. The highest BCUT2D eigenvalue weighted by Crippen LogP contribution is 2.53. The van der Waals surface area contributed by atoms with E-state index in [1.54, 1.807) is 16.4 Å². The Morgan fingerprint density at radius 3 is 2.32 bits per heavy atom. The van der Waals surface area contributed by atoms with Gasteiger partial charge in [0.25, 0.3) is 0 Å². The smallest absolute Gasteiger partial charge is 0.244 e. The number of nitrogens with zero attached hydrogens (tertiary/aromatic N) is 2. The number of aryl methyl sites for hydroxylation is 1. The van der Waals surface area contributed by atoms with E-state index >= 15 is 0 Å². The molecule has 4 atom stereocenters. The maximum Gasteiger partial charge on any atom is 0.244 e. The fourth-order valence-corrected chi connectivity index (χ4v) is 8.90. The van der Waals surface area contributed by atoms with Crippen molar-refractivity contribution in [1.82, 2.24) is 9.21 Å². The van der Waals surface area contributed by atoms with Gasteiger partial charge >= 0.3 is 0 Å². The van der Waals surface area contributed by atoms with Crippen LogP contribution in [0.2, 0.25) is 18.1 Å². The molecule has 2 aromatic carbocycles. The molecule has 2 aromatic rings. The fourth-order valence-electron chi connectivity index (χ4n) is 5.87. The highest BCUT2D eigenvalue weighted by atomic mass is 32.2. The van der Waals surface area contributed by atoms with E-state index < -0.39 is 24.4 Å². The molecule has 0 aromatic heterocycles. The largest absolute Gasteiger partial charge is 0.407 e. The average molecular weight is 557 g/mol. The van der Waals surface area contributed by atoms with E-state index in [2.05, 4.69) is 57.8 Å². The van der Waals surface area contributed by atoms with Crippen molar-refractivity contribution in [2.24, 2.45) is 11.3 Å². The standard InChI is InChI=1S/C30H44N2O4SSi/c1-23-13-15-27(16-14-23)37(34,35)32-21-25(19-26(22-33)36-38(6,7)29(2,3)4)30(5)17-18-31(28(30)32)20-24-11-9-8-10-12-24/h8-16,22,25-26,28H,17-21H2,1-7H3/t25-,26?,28+,30-/m1/s1. The molecule has 2 aliphatic heterocycles. The molecule has 0 N–H and O–H groups in total. The summed E-state index contributed by atoms with van der Waals surface area (Å²) in [5.74, 6) is 0.00784. The predicted octanol–water partition coefficient (Wildman–Crippen LogP) is 5.83. The lowest BCUT2D eigenvalue weighted by atomic mass is 9.75. The van der Waals surface area contributed by atoms with Gasteiger partial charge in [-0.05, 0) is 61.5 Å². The lowest BCUT2D eigenvalue weighted by Gasteiger charge is -2.39. The second-order valence-corrected chi connectivity index (χ2v) is 19.6. The molecule has 2 saturated heterocycles. The summed E-state index contributed by atoms with van der Waals surface area (Å²) >= 11 is 0. The van der Waals surface area contributed by atoms with Crippen molar-refractivity contribution < 1.29 is 17.6 Å². The molecule has 4 rings (SSSR count). The molecule has 0 radical (unpaired) electrons. The van der Waals surface area contributed by atoms with Crippen LogP contribution in [0.3, 0.4) is 0 Å². The molecule has 208 valence electrons.